The molecule has 1 aromatic carbocycles. The van der Waals surface area contributed by atoms with Crippen LogP contribution >= 0.6 is 0 Å². The van der Waals surface area contributed by atoms with Crippen molar-refractivity contribution >= 4 is 0 Å². The van der Waals surface area contributed by atoms with E-state index < -0.39 is 11.6 Å². The van der Waals surface area contributed by atoms with Gasteiger partial charge in [0.2, 0.25) is 0 Å². The van der Waals surface area contributed by atoms with Crippen LogP contribution in [0.4, 0.5) is 8.78 Å². The number of halogens is 2. The lowest BCUT2D eigenvalue weighted by Gasteiger charge is -2.14. The summed E-state index contributed by atoms with van der Waals surface area (Å²) in [6, 6.07) is 2.51. The second-order valence-electron chi connectivity index (χ2n) is 5.53. The number of benzene rings is 1. The molecule has 0 aliphatic heterocycles. The molecular formula is C15H21F2NO. The van der Waals surface area contributed by atoms with Crippen LogP contribution in [0, 0.1) is 17.6 Å². The number of ether oxygens (including phenoxy) is 1. The highest BCUT2D eigenvalue weighted by Crippen LogP contribution is 2.28. The second kappa shape index (κ2) is 6.33. The summed E-state index contributed by atoms with van der Waals surface area (Å²) in [5.41, 5.74) is 6.20. The Bertz CT molecular complexity index is 405. The molecule has 0 radical (unpaired) electrons. The lowest BCUT2D eigenvalue weighted by molar-refractivity contribution is 0.231. The quantitative estimate of drug-likeness (QED) is 0.889. The van der Waals surface area contributed by atoms with Crippen molar-refractivity contribution in [1.29, 1.82) is 0 Å². The summed E-state index contributed by atoms with van der Waals surface area (Å²) in [7, 11) is 0. The molecule has 0 spiro atoms. The molecule has 19 heavy (non-hydrogen) atoms. The van der Waals surface area contributed by atoms with E-state index in [4.69, 9.17) is 10.5 Å². The minimum absolute atomic E-state index is 0.121. The van der Waals surface area contributed by atoms with Crippen LogP contribution in [0.2, 0.25) is 0 Å². The predicted molar refractivity (Wildman–Crippen MR) is 71.2 cm³/mol. The molecule has 2 nitrogen and oxygen atoms in total. The van der Waals surface area contributed by atoms with E-state index in [0.29, 0.717) is 24.5 Å². The van der Waals surface area contributed by atoms with Gasteiger partial charge in [-0.3, -0.25) is 0 Å². The van der Waals surface area contributed by atoms with Crippen LogP contribution in [0.1, 0.15) is 38.2 Å². The van der Waals surface area contributed by atoms with Gasteiger partial charge in [0.05, 0.1) is 6.61 Å². The molecule has 2 rings (SSSR count). The van der Waals surface area contributed by atoms with Crippen molar-refractivity contribution in [3.63, 3.8) is 0 Å². The highest BCUT2D eigenvalue weighted by atomic mass is 19.1. The lowest BCUT2D eigenvalue weighted by Crippen LogP contribution is -2.18. The zero-order chi connectivity index (χ0) is 13.8. The first-order valence-electron chi connectivity index (χ1n) is 6.92. The zero-order valence-electron chi connectivity index (χ0n) is 11.3. The molecular weight excluding hydrogens is 248 g/mol. The van der Waals surface area contributed by atoms with Crippen LogP contribution in [-0.4, -0.2) is 12.6 Å². The maximum absolute atomic E-state index is 13.8. The van der Waals surface area contributed by atoms with Gasteiger partial charge in [0.15, 0.2) is 17.4 Å². The average Bonchev–Trinajstić information content (AvgIpc) is 2.79. The first-order valence-corrected chi connectivity index (χ1v) is 6.92. The van der Waals surface area contributed by atoms with E-state index in [9.17, 15) is 8.78 Å². The standard InChI is InChI=1S/C15H21F2NO/c1-10(18)6-12-7-13(16)15(14(17)8-12)19-9-11-4-2-3-5-11/h7-8,10-11H,2-6,9,18H2,1H3. The van der Waals surface area contributed by atoms with Gasteiger partial charge in [-0.25, -0.2) is 8.78 Å². The zero-order valence-corrected chi connectivity index (χ0v) is 11.3. The smallest absolute Gasteiger partial charge is 0.190 e. The summed E-state index contributed by atoms with van der Waals surface area (Å²) < 4.78 is 33.0. The summed E-state index contributed by atoms with van der Waals surface area (Å²) in [5, 5.41) is 0. The monoisotopic (exact) mass is 269 g/mol. The summed E-state index contributed by atoms with van der Waals surface area (Å²) in [6.45, 7) is 2.21. The molecule has 0 saturated heterocycles. The summed E-state index contributed by atoms with van der Waals surface area (Å²) >= 11 is 0. The van der Waals surface area contributed by atoms with Gasteiger partial charge < -0.3 is 10.5 Å². The van der Waals surface area contributed by atoms with Crippen molar-refractivity contribution in [1.82, 2.24) is 0 Å². The summed E-state index contributed by atoms with van der Waals surface area (Å²) in [6.07, 6.45) is 5.01. The molecule has 1 saturated carbocycles. The Balaban J connectivity index is 2.03. The highest BCUT2D eigenvalue weighted by molar-refractivity contribution is 5.31. The summed E-state index contributed by atoms with van der Waals surface area (Å²) in [5.74, 6) is -1.08. The van der Waals surface area contributed by atoms with Crippen LogP contribution in [0.3, 0.4) is 0 Å². The van der Waals surface area contributed by atoms with Crippen LogP contribution < -0.4 is 10.5 Å². The van der Waals surface area contributed by atoms with Crippen molar-refractivity contribution in [2.24, 2.45) is 11.7 Å². The van der Waals surface area contributed by atoms with Gasteiger partial charge in [-0.1, -0.05) is 12.8 Å². The predicted octanol–water partition coefficient (Wildman–Crippen LogP) is 3.42. The summed E-state index contributed by atoms with van der Waals surface area (Å²) in [4.78, 5) is 0. The SMILES string of the molecule is CC(N)Cc1cc(F)c(OCC2CCCC2)c(F)c1. The third kappa shape index (κ3) is 3.90. The molecule has 1 aliphatic carbocycles. The molecule has 0 heterocycles. The van der Waals surface area contributed by atoms with Crippen LogP contribution in [0.25, 0.3) is 0 Å². The van der Waals surface area contributed by atoms with Crippen LogP contribution in [0.15, 0.2) is 12.1 Å². The molecule has 1 fully saturated rings. The first-order chi connectivity index (χ1) is 9.06. The van der Waals surface area contributed by atoms with Gasteiger partial charge in [-0.05, 0) is 49.8 Å². The number of hydrogen-bond donors (Lipinski definition) is 1. The van der Waals surface area contributed by atoms with E-state index in [-0.39, 0.29) is 11.8 Å². The average molecular weight is 269 g/mol. The Morgan fingerprint density at radius 2 is 1.84 bits per heavy atom. The van der Waals surface area contributed by atoms with E-state index in [1.165, 1.54) is 25.0 Å². The number of hydrogen-bond acceptors (Lipinski definition) is 2. The Morgan fingerprint density at radius 3 is 2.37 bits per heavy atom. The van der Waals surface area contributed by atoms with E-state index in [0.717, 1.165) is 12.8 Å². The molecule has 4 heteroatoms. The van der Waals surface area contributed by atoms with Crippen molar-refractivity contribution in [3.8, 4) is 5.75 Å². The molecule has 1 atom stereocenters. The maximum atomic E-state index is 13.8. The Labute approximate surface area is 112 Å². The third-order valence-corrected chi connectivity index (χ3v) is 3.55. The van der Waals surface area contributed by atoms with Crippen molar-refractivity contribution in [2.75, 3.05) is 6.61 Å². The van der Waals surface area contributed by atoms with Crippen molar-refractivity contribution in [3.05, 3.63) is 29.3 Å². The number of nitrogens with two attached hydrogens (primary N) is 1. The lowest BCUT2D eigenvalue weighted by atomic mass is 10.1. The van der Waals surface area contributed by atoms with Gasteiger partial charge in [-0.2, -0.15) is 0 Å². The van der Waals surface area contributed by atoms with Gasteiger partial charge in [0.25, 0.3) is 0 Å². The first kappa shape index (κ1) is 14.3. The largest absolute Gasteiger partial charge is 0.487 e. The minimum Gasteiger partial charge on any atom is -0.487 e. The van der Waals surface area contributed by atoms with Crippen LogP contribution in [-0.2, 0) is 6.42 Å². The van der Waals surface area contributed by atoms with Crippen molar-refractivity contribution in [2.45, 2.75) is 45.1 Å². The van der Waals surface area contributed by atoms with Crippen molar-refractivity contribution < 1.29 is 13.5 Å². The molecule has 106 valence electrons. The fraction of sp³-hybridized carbons (Fsp3) is 0.600. The van der Waals surface area contributed by atoms with Gasteiger partial charge in [0.1, 0.15) is 0 Å². The van der Waals surface area contributed by atoms with E-state index in [1.54, 1.807) is 6.92 Å². The molecule has 0 bridgehead atoms. The number of rotatable bonds is 5. The molecule has 0 amide bonds. The molecule has 1 aliphatic rings. The molecule has 1 aromatic rings. The Hall–Kier alpha value is -1.16. The van der Waals surface area contributed by atoms with Gasteiger partial charge in [-0.15, -0.1) is 0 Å². The molecule has 2 N–H and O–H groups in total. The third-order valence-electron chi connectivity index (χ3n) is 3.55. The molecule has 1 unspecified atom stereocenters. The van der Waals surface area contributed by atoms with Gasteiger partial charge >= 0.3 is 0 Å². The minimum atomic E-state index is -0.631. The Morgan fingerprint density at radius 1 is 1.26 bits per heavy atom. The van der Waals surface area contributed by atoms with E-state index >= 15 is 0 Å². The second-order valence-corrected chi connectivity index (χ2v) is 5.53. The normalized spacial score (nSPS) is 17.7. The fourth-order valence-electron chi connectivity index (χ4n) is 2.62. The molecule has 0 aromatic heterocycles. The van der Waals surface area contributed by atoms with Gasteiger partial charge in [0, 0.05) is 6.04 Å². The fourth-order valence-corrected chi connectivity index (χ4v) is 2.62. The van der Waals surface area contributed by atoms with E-state index in [2.05, 4.69) is 0 Å². The maximum Gasteiger partial charge on any atom is 0.190 e. The highest BCUT2D eigenvalue weighted by Gasteiger charge is 2.19. The van der Waals surface area contributed by atoms with Crippen LogP contribution in [0.5, 0.6) is 5.75 Å². The van der Waals surface area contributed by atoms with E-state index in [1.807, 2.05) is 0 Å². The Kier molecular flexibility index (Phi) is 4.75. The topological polar surface area (TPSA) is 35.2 Å².